The number of aromatic carboxylic acids is 1. The van der Waals surface area contributed by atoms with Crippen LogP contribution in [0.2, 0.25) is 0 Å². The van der Waals surface area contributed by atoms with E-state index in [1.54, 1.807) is 16.9 Å². The Morgan fingerprint density at radius 1 is 1.45 bits per heavy atom. The molecule has 2 heterocycles. The van der Waals surface area contributed by atoms with E-state index in [-0.39, 0.29) is 11.6 Å². The van der Waals surface area contributed by atoms with E-state index in [1.165, 1.54) is 12.5 Å². The van der Waals surface area contributed by atoms with Gasteiger partial charge in [0.2, 0.25) is 5.91 Å². The minimum Gasteiger partial charge on any atom is -0.476 e. The molecule has 0 radical (unpaired) electrons. The third kappa shape index (κ3) is 3.98. The number of carboxylic acid groups (broad SMARTS) is 1. The largest absolute Gasteiger partial charge is 0.476 e. The fourth-order valence-corrected chi connectivity index (χ4v) is 1.70. The standard InChI is InChI=1S/C13H15N3O4/c17-12(4-3-10-2-1-7-20-10)14-5-6-16-8-11(13(18)19)15-9-16/h1-2,7-9H,3-6H2,(H,14,17)(H,18,19). The van der Waals surface area contributed by atoms with Gasteiger partial charge in [0.1, 0.15) is 5.76 Å². The Kier molecular flexibility index (Phi) is 4.54. The topological polar surface area (TPSA) is 97.4 Å². The Labute approximate surface area is 115 Å². The summed E-state index contributed by atoms with van der Waals surface area (Å²) in [5.41, 5.74) is -0.00542. The monoisotopic (exact) mass is 277 g/mol. The van der Waals surface area contributed by atoms with Crippen LogP contribution in [0.15, 0.2) is 35.3 Å². The number of furan rings is 1. The van der Waals surface area contributed by atoms with E-state index in [0.717, 1.165) is 5.76 Å². The molecule has 0 unspecified atom stereocenters. The number of aromatic nitrogens is 2. The summed E-state index contributed by atoms with van der Waals surface area (Å²) in [7, 11) is 0. The van der Waals surface area contributed by atoms with Gasteiger partial charge in [0.05, 0.1) is 12.6 Å². The zero-order chi connectivity index (χ0) is 14.4. The van der Waals surface area contributed by atoms with E-state index in [4.69, 9.17) is 9.52 Å². The van der Waals surface area contributed by atoms with E-state index >= 15 is 0 Å². The van der Waals surface area contributed by atoms with E-state index in [0.29, 0.717) is 25.9 Å². The molecule has 0 fully saturated rings. The summed E-state index contributed by atoms with van der Waals surface area (Å²) in [5.74, 6) is -0.355. The maximum atomic E-state index is 11.6. The average Bonchev–Trinajstić information content (AvgIpc) is 3.07. The number of carbonyl (C=O) groups is 2. The Morgan fingerprint density at radius 3 is 2.95 bits per heavy atom. The van der Waals surface area contributed by atoms with Crippen molar-refractivity contribution < 1.29 is 19.1 Å². The lowest BCUT2D eigenvalue weighted by atomic mass is 10.2. The predicted molar refractivity (Wildman–Crippen MR) is 69.2 cm³/mol. The van der Waals surface area contributed by atoms with Crippen LogP contribution >= 0.6 is 0 Å². The molecule has 20 heavy (non-hydrogen) atoms. The van der Waals surface area contributed by atoms with Crippen molar-refractivity contribution in [1.82, 2.24) is 14.9 Å². The SMILES string of the molecule is O=C(CCc1ccco1)NCCn1cnc(C(=O)O)c1. The van der Waals surface area contributed by atoms with Crippen molar-refractivity contribution in [2.45, 2.75) is 19.4 Å². The Balaban J connectivity index is 1.67. The second kappa shape index (κ2) is 6.55. The van der Waals surface area contributed by atoms with Gasteiger partial charge in [-0.25, -0.2) is 9.78 Å². The highest BCUT2D eigenvalue weighted by atomic mass is 16.4. The first-order valence-electron chi connectivity index (χ1n) is 6.19. The number of carboxylic acids is 1. The number of hydrogen-bond acceptors (Lipinski definition) is 4. The van der Waals surface area contributed by atoms with Crippen LogP contribution in [-0.4, -0.2) is 33.1 Å². The maximum absolute atomic E-state index is 11.6. The number of hydrogen-bond donors (Lipinski definition) is 2. The van der Waals surface area contributed by atoms with Crippen molar-refractivity contribution in [2.75, 3.05) is 6.54 Å². The second-order valence-electron chi connectivity index (χ2n) is 4.23. The van der Waals surface area contributed by atoms with Crippen molar-refractivity contribution in [3.05, 3.63) is 42.4 Å². The lowest BCUT2D eigenvalue weighted by Crippen LogP contribution is -2.27. The average molecular weight is 277 g/mol. The van der Waals surface area contributed by atoms with Gasteiger partial charge >= 0.3 is 5.97 Å². The zero-order valence-electron chi connectivity index (χ0n) is 10.8. The smallest absolute Gasteiger partial charge is 0.356 e. The van der Waals surface area contributed by atoms with Gasteiger partial charge in [-0.3, -0.25) is 4.79 Å². The molecule has 2 rings (SSSR count). The molecule has 0 spiro atoms. The van der Waals surface area contributed by atoms with E-state index in [9.17, 15) is 9.59 Å². The number of nitrogens with zero attached hydrogens (tertiary/aromatic N) is 2. The summed E-state index contributed by atoms with van der Waals surface area (Å²) in [6, 6.07) is 3.61. The van der Waals surface area contributed by atoms with Crippen molar-refractivity contribution in [2.24, 2.45) is 0 Å². The minimum atomic E-state index is -1.06. The Hall–Kier alpha value is -2.57. The first-order valence-corrected chi connectivity index (χ1v) is 6.19. The molecule has 0 aliphatic rings. The Morgan fingerprint density at radius 2 is 2.30 bits per heavy atom. The molecule has 0 atom stereocenters. The van der Waals surface area contributed by atoms with Crippen molar-refractivity contribution in [1.29, 1.82) is 0 Å². The molecule has 0 aliphatic carbocycles. The van der Waals surface area contributed by atoms with Gasteiger partial charge in [0.15, 0.2) is 5.69 Å². The van der Waals surface area contributed by atoms with Gasteiger partial charge in [0.25, 0.3) is 0 Å². The molecule has 106 valence electrons. The molecule has 0 saturated heterocycles. The van der Waals surface area contributed by atoms with Gasteiger partial charge in [-0.05, 0) is 12.1 Å². The number of carbonyl (C=O) groups excluding carboxylic acids is 1. The fraction of sp³-hybridized carbons (Fsp3) is 0.308. The predicted octanol–water partition coefficient (Wildman–Crippen LogP) is 0.923. The van der Waals surface area contributed by atoms with Crippen molar-refractivity contribution >= 4 is 11.9 Å². The molecule has 0 bridgehead atoms. The molecule has 7 heteroatoms. The fourth-order valence-electron chi connectivity index (χ4n) is 1.70. The first kappa shape index (κ1) is 13.9. The van der Waals surface area contributed by atoms with Crippen LogP contribution in [0.1, 0.15) is 22.7 Å². The quantitative estimate of drug-likeness (QED) is 0.784. The van der Waals surface area contributed by atoms with Gasteiger partial charge in [-0.15, -0.1) is 0 Å². The first-order chi connectivity index (χ1) is 9.65. The van der Waals surface area contributed by atoms with Gasteiger partial charge < -0.3 is 19.4 Å². The molecule has 2 N–H and O–H groups in total. The van der Waals surface area contributed by atoms with Crippen LogP contribution in [0.3, 0.4) is 0 Å². The summed E-state index contributed by atoms with van der Waals surface area (Å²) < 4.78 is 6.76. The number of amides is 1. The molecule has 0 aliphatic heterocycles. The van der Waals surface area contributed by atoms with Crippen LogP contribution in [0.25, 0.3) is 0 Å². The summed E-state index contributed by atoms with van der Waals surface area (Å²) >= 11 is 0. The summed E-state index contributed by atoms with van der Waals surface area (Å²) in [6.45, 7) is 0.902. The highest BCUT2D eigenvalue weighted by Gasteiger charge is 2.07. The highest BCUT2D eigenvalue weighted by Crippen LogP contribution is 2.03. The third-order valence-electron chi connectivity index (χ3n) is 2.72. The second-order valence-corrected chi connectivity index (χ2v) is 4.23. The highest BCUT2D eigenvalue weighted by molar-refractivity contribution is 5.84. The molecular formula is C13H15N3O4. The van der Waals surface area contributed by atoms with Crippen LogP contribution in [0, 0.1) is 0 Å². The lowest BCUT2D eigenvalue weighted by molar-refractivity contribution is -0.121. The Bertz CT molecular complexity index is 574. The molecule has 7 nitrogen and oxygen atoms in total. The van der Waals surface area contributed by atoms with E-state index < -0.39 is 5.97 Å². The van der Waals surface area contributed by atoms with Crippen LogP contribution in [0.4, 0.5) is 0 Å². The van der Waals surface area contributed by atoms with Crippen molar-refractivity contribution in [3.63, 3.8) is 0 Å². The normalized spacial score (nSPS) is 10.4. The number of nitrogens with one attached hydrogen (secondary N) is 1. The van der Waals surface area contributed by atoms with Gasteiger partial charge in [-0.1, -0.05) is 0 Å². The van der Waals surface area contributed by atoms with Crippen LogP contribution in [0.5, 0.6) is 0 Å². The molecular weight excluding hydrogens is 262 g/mol. The molecule has 2 aromatic heterocycles. The minimum absolute atomic E-state index is 0.00542. The summed E-state index contributed by atoms with van der Waals surface area (Å²) in [4.78, 5) is 25.9. The van der Waals surface area contributed by atoms with Gasteiger partial charge in [0, 0.05) is 32.1 Å². The van der Waals surface area contributed by atoms with Crippen molar-refractivity contribution in [3.8, 4) is 0 Å². The summed E-state index contributed by atoms with van der Waals surface area (Å²) in [6.07, 6.45) is 5.35. The lowest BCUT2D eigenvalue weighted by Gasteiger charge is -2.05. The van der Waals surface area contributed by atoms with Crippen LogP contribution < -0.4 is 5.32 Å². The van der Waals surface area contributed by atoms with E-state index in [2.05, 4.69) is 10.3 Å². The van der Waals surface area contributed by atoms with Crippen LogP contribution in [-0.2, 0) is 17.8 Å². The third-order valence-corrected chi connectivity index (χ3v) is 2.72. The molecule has 2 aromatic rings. The number of rotatable bonds is 7. The molecule has 0 saturated carbocycles. The van der Waals surface area contributed by atoms with Gasteiger partial charge in [-0.2, -0.15) is 0 Å². The summed E-state index contributed by atoms with van der Waals surface area (Å²) in [5, 5.41) is 11.5. The number of aryl methyl sites for hydroxylation is 1. The molecule has 0 aromatic carbocycles. The zero-order valence-corrected chi connectivity index (χ0v) is 10.8. The molecule has 1 amide bonds. The number of imidazole rings is 1. The maximum Gasteiger partial charge on any atom is 0.356 e. The van der Waals surface area contributed by atoms with E-state index in [1.807, 2.05) is 6.07 Å².